The molecule has 3 N–H and O–H groups in total. The van der Waals surface area contributed by atoms with Gasteiger partial charge in [0, 0.05) is 6.20 Å². The van der Waals surface area contributed by atoms with Crippen LogP contribution in [0, 0.1) is 11.7 Å². The van der Waals surface area contributed by atoms with E-state index in [1.165, 1.54) is 6.20 Å². The molecule has 0 aromatic carbocycles. The summed E-state index contributed by atoms with van der Waals surface area (Å²) in [7, 11) is 0. The first-order valence-corrected chi connectivity index (χ1v) is 6.36. The van der Waals surface area contributed by atoms with Gasteiger partial charge in [-0.2, -0.15) is 0 Å². The molecule has 1 aromatic rings. The minimum Gasteiger partial charge on any atom is -0.319 e. The second-order valence-electron chi connectivity index (χ2n) is 3.82. The lowest BCUT2D eigenvalue weighted by atomic mass is 10.4. The molecule has 0 unspecified atom stereocenters. The number of anilines is 1. The van der Waals surface area contributed by atoms with Crippen molar-refractivity contribution < 1.29 is 9.18 Å². The molecule has 0 aliphatic heterocycles. The largest absolute Gasteiger partial charge is 0.319 e. The van der Waals surface area contributed by atoms with Gasteiger partial charge in [-0.1, -0.05) is 11.6 Å². The summed E-state index contributed by atoms with van der Waals surface area (Å²) in [4.78, 5) is 15.2. The van der Waals surface area contributed by atoms with Gasteiger partial charge in [0.25, 0.3) is 5.24 Å². The molecule has 7 heteroatoms. The van der Waals surface area contributed by atoms with E-state index in [0.29, 0.717) is 5.92 Å². The van der Waals surface area contributed by atoms with Crippen molar-refractivity contribution in [3.8, 4) is 0 Å². The van der Waals surface area contributed by atoms with Crippen LogP contribution in [0.5, 0.6) is 0 Å². The first-order valence-electron chi connectivity index (χ1n) is 5.10. The molecule has 1 aromatic heterocycles. The highest BCUT2D eigenvalue weighted by Gasteiger charge is 2.30. The maximum absolute atomic E-state index is 13.3. The van der Waals surface area contributed by atoms with E-state index in [2.05, 4.69) is 10.3 Å². The standard InChI is InChI=1S/C10H11ClFN3OS/c11-6-3-7(12)9(14-4-6)15-10(16)17-8(13)5-1-2-5/h3-5,8H,1-2,13H2,(H,14,15,16)/t8-/m1/s1. The van der Waals surface area contributed by atoms with Crippen LogP contribution in [0.2, 0.25) is 5.02 Å². The average Bonchev–Trinajstić information content (AvgIpc) is 3.05. The summed E-state index contributed by atoms with van der Waals surface area (Å²) in [5.74, 6) is -0.393. The van der Waals surface area contributed by atoms with Crippen LogP contribution in [0.1, 0.15) is 12.8 Å². The highest BCUT2D eigenvalue weighted by molar-refractivity contribution is 8.14. The van der Waals surface area contributed by atoms with Crippen molar-refractivity contribution in [3.05, 3.63) is 23.1 Å². The fourth-order valence-electron chi connectivity index (χ4n) is 1.28. The van der Waals surface area contributed by atoms with Crippen LogP contribution >= 0.6 is 23.4 Å². The number of aromatic nitrogens is 1. The maximum Gasteiger partial charge on any atom is 0.286 e. The minimum atomic E-state index is -0.661. The molecule has 0 spiro atoms. The van der Waals surface area contributed by atoms with Crippen molar-refractivity contribution in [1.29, 1.82) is 0 Å². The number of nitrogens with zero attached hydrogens (tertiary/aromatic N) is 1. The van der Waals surface area contributed by atoms with Crippen LogP contribution in [0.25, 0.3) is 0 Å². The van der Waals surface area contributed by atoms with Gasteiger partial charge in [-0.25, -0.2) is 9.37 Å². The molecule has 1 fully saturated rings. The molecule has 1 saturated carbocycles. The molecule has 0 radical (unpaired) electrons. The first kappa shape index (κ1) is 12.6. The summed E-state index contributed by atoms with van der Waals surface area (Å²) >= 11 is 6.51. The van der Waals surface area contributed by atoms with Gasteiger partial charge in [0.2, 0.25) is 0 Å². The van der Waals surface area contributed by atoms with Gasteiger partial charge in [0.15, 0.2) is 11.6 Å². The normalized spacial score (nSPS) is 16.6. The van der Waals surface area contributed by atoms with E-state index < -0.39 is 11.1 Å². The second kappa shape index (κ2) is 5.20. The number of hydrogen-bond donors (Lipinski definition) is 2. The first-order chi connectivity index (χ1) is 8.06. The molecule has 1 heterocycles. The zero-order valence-electron chi connectivity index (χ0n) is 8.82. The summed E-state index contributed by atoms with van der Waals surface area (Å²) in [6, 6.07) is 1.09. The topological polar surface area (TPSA) is 68.0 Å². The van der Waals surface area contributed by atoms with Crippen molar-refractivity contribution >= 4 is 34.4 Å². The zero-order valence-corrected chi connectivity index (χ0v) is 10.4. The molecule has 92 valence electrons. The number of rotatable bonds is 3. The van der Waals surface area contributed by atoms with E-state index in [1.807, 2.05) is 0 Å². The van der Waals surface area contributed by atoms with Gasteiger partial charge >= 0.3 is 0 Å². The van der Waals surface area contributed by atoms with Crippen LogP contribution < -0.4 is 11.1 Å². The number of carbonyl (C=O) groups excluding carboxylic acids is 1. The summed E-state index contributed by atoms with van der Waals surface area (Å²) < 4.78 is 13.3. The van der Waals surface area contributed by atoms with Crippen LogP contribution in [-0.4, -0.2) is 15.6 Å². The molecule has 1 atom stereocenters. The third kappa shape index (κ3) is 3.55. The summed E-state index contributed by atoms with van der Waals surface area (Å²) in [5, 5.41) is 1.90. The van der Waals surface area contributed by atoms with Gasteiger partial charge in [0.05, 0.1) is 10.4 Å². The number of hydrogen-bond acceptors (Lipinski definition) is 4. The lowest BCUT2D eigenvalue weighted by Gasteiger charge is -2.09. The van der Waals surface area contributed by atoms with E-state index in [-0.39, 0.29) is 16.2 Å². The fourth-order valence-corrected chi connectivity index (χ4v) is 2.29. The third-order valence-electron chi connectivity index (χ3n) is 2.36. The number of carbonyl (C=O) groups is 1. The van der Waals surface area contributed by atoms with Gasteiger partial charge in [0.1, 0.15) is 0 Å². The van der Waals surface area contributed by atoms with Crippen molar-refractivity contribution in [2.75, 3.05) is 5.32 Å². The molecule has 2 rings (SSSR count). The van der Waals surface area contributed by atoms with E-state index in [9.17, 15) is 9.18 Å². The van der Waals surface area contributed by atoms with Crippen molar-refractivity contribution in [2.24, 2.45) is 11.7 Å². The number of thioether (sulfide) groups is 1. The number of nitrogens with one attached hydrogen (secondary N) is 1. The minimum absolute atomic E-state index is 0.130. The highest BCUT2D eigenvalue weighted by atomic mass is 35.5. The molecular weight excluding hydrogens is 265 g/mol. The maximum atomic E-state index is 13.3. The smallest absolute Gasteiger partial charge is 0.286 e. The third-order valence-corrected chi connectivity index (χ3v) is 3.54. The molecule has 1 amide bonds. The summed E-state index contributed by atoms with van der Waals surface area (Å²) in [5.41, 5.74) is 5.76. The van der Waals surface area contributed by atoms with E-state index in [0.717, 1.165) is 30.7 Å². The molecule has 0 saturated heterocycles. The van der Waals surface area contributed by atoms with Gasteiger partial charge in [-0.3, -0.25) is 10.1 Å². The number of halogens is 2. The molecule has 0 bridgehead atoms. The van der Waals surface area contributed by atoms with Crippen LogP contribution in [-0.2, 0) is 0 Å². The monoisotopic (exact) mass is 275 g/mol. The highest BCUT2D eigenvalue weighted by Crippen LogP contribution is 2.36. The molecule has 1 aliphatic rings. The molecule has 4 nitrogen and oxygen atoms in total. The Morgan fingerprint density at radius 1 is 1.71 bits per heavy atom. The predicted molar refractivity (Wildman–Crippen MR) is 66.5 cm³/mol. The Kier molecular flexibility index (Phi) is 3.86. The van der Waals surface area contributed by atoms with Crippen LogP contribution in [0.15, 0.2) is 12.3 Å². The summed E-state index contributed by atoms with van der Waals surface area (Å²) in [6.45, 7) is 0. The SMILES string of the molecule is N[C@H](SC(=O)Nc1ncc(Cl)cc1F)C1CC1. The van der Waals surface area contributed by atoms with E-state index in [4.69, 9.17) is 17.3 Å². The molecule has 17 heavy (non-hydrogen) atoms. The zero-order chi connectivity index (χ0) is 12.4. The van der Waals surface area contributed by atoms with E-state index >= 15 is 0 Å². The summed E-state index contributed by atoms with van der Waals surface area (Å²) in [6.07, 6.45) is 3.37. The number of nitrogens with two attached hydrogens (primary N) is 1. The van der Waals surface area contributed by atoms with Crippen molar-refractivity contribution in [3.63, 3.8) is 0 Å². The lowest BCUT2D eigenvalue weighted by molar-refractivity contribution is 0.269. The fraction of sp³-hybridized carbons (Fsp3) is 0.400. The van der Waals surface area contributed by atoms with Crippen LogP contribution in [0.3, 0.4) is 0 Å². The van der Waals surface area contributed by atoms with Crippen LogP contribution in [0.4, 0.5) is 15.0 Å². The Labute approximate surface area is 107 Å². The lowest BCUT2D eigenvalue weighted by Crippen LogP contribution is -2.22. The predicted octanol–water partition coefficient (Wildman–Crippen LogP) is 2.83. The van der Waals surface area contributed by atoms with Gasteiger partial charge in [-0.05, 0) is 36.6 Å². The second-order valence-corrected chi connectivity index (χ2v) is 5.40. The van der Waals surface area contributed by atoms with Crippen molar-refractivity contribution in [1.82, 2.24) is 4.98 Å². The van der Waals surface area contributed by atoms with Gasteiger partial charge < -0.3 is 5.73 Å². The van der Waals surface area contributed by atoms with Gasteiger partial charge in [-0.15, -0.1) is 0 Å². The van der Waals surface area contributed by atoms with E-state index in [1.54, 1.807) is 0 Å². The van der Waals surface area contributed by atoms with Crippen molar-refractivity contribution in [2.45, 2.75) is 18.2 Å². The Balaban J connectivity index is 1.92. The quantitative estimate of drug-likeness (QED) is 0.833. The average molecular weight is 276 g/mol. The Morgan fingerprint density at radius 2 is 2.41 bits per heavy atom. The molecule has 1 aliphatic carbocycles. The molecular formula is C10H11ClFN3OS. The number of amides is 1. The Morgan fingerprint density at radius 3 is 3.00 bits per heavy atom. The Bertz CT molecular complexity index is 442. The Hall–Kier alpha value is -0.850. The number of pyridine rings is 1.